The lowest BCUT2D eigenvalue weighted by Crippen LogP contribution is -2.28. The zero-order valence-electron chi connectivity index (χ0n) is 14.6. The Bertz CT molecular complexity index is 639. The van der Waals surface area contributed by atoms with E-state index in [4.69, 9.17) is 20.6 Å². The largest absolute Gasteiger partial charge is 0.459 e. The summed E-state index contributed by atoms with van der Waals surface area (Å²) in [5.41, 5.74) is 1.33. The number of terminal acetylenes is 1. The lowest BCUT2D eigenvalue weighted by Gasteiger charge is -2.20. The molecule has 0 amide bonds. The number of hydrogen-bond acceptors (Lipinski definition) is 4. The fourth-order valence-corrected chi connectivity index (χ4v) is 2.68. The molecule has 1 saturated heterocycles. The number of carbonyl (C=O) groups excluding carboxylic acids is 1. The molecule has 24 heavy (non-hydrogen) atoms. The highest BCUT2D eigenvalue weighted by Gasteiger charge is 2.41. The van der Waals surface area contributed by atoms with Crippen molar-refractivity contribution in [2.45, 2.75) is 58.2 Å². The minimum atomic E-state index is -0.691. The summed E-state index contributed by atoms with van der Waals surface area (Å²) >= 11 is 0. The predicted octanol–water partition coefficient (Wildman–Crippen LogP) is 3.72. The minimum Gasteiger partial charge on any atom is -0.459 e. The van der Waals surface area contributed by atoms with Gasteiger partial charge < -0.3 is 14.2 Å². The lowest BCUT2D eigenvalue weighted by atomic mass is 10.1. The fraction of sp³-hybridized carbons (Fsp3) is 0.450. The highest BCUT2D eigenvalue weighted by molar-refractivity contribution is 5.89. The van der Waals surface area contributed by atoms with Gasteiger partial charge >= 0.3 is 5.97 Å². The van der Waals surface area contributed by atoms with E-state index in [1.54, 1.807) is 24.3 Å². The van der Waals surface area contributed by atoms with Crippen LogP contribution in [0.5, 0.6) is 0 Å². The van der Waals surface area contributed by atoms with Crippen molar-refractivity contribution in [2.75, 3.05) is 0 Å². The molecule has 1 aromatic carbocycles. The van der Waals surface area contributed by atoms with E-state index in [0.717, 1.165) is 5.57 Å². The molecule has 3 atom stereocenters. The second-order valence-corrected chi connectivity index (χ2v) is 6.45. The second kappa shape index (κ2) is 7.65. The normalized spacial score (nSPS) is 24.2. The van der Waals surface area contributed by atoms with Crippen molar-refractivity contribution in [3.05, 3.63) is 47.5 Å². The molecule has 4 nitrogen and oxygen atoms in total. The summed E-state index contributed by atoms with van der Waals surface area (Å²) in [4.78, 5) is 12.1. The zero-order valence-corrected chi connectivity index (χ0v) is 14.6. The highest BCUT2D eigenvalue weighted by atomic mass is 16.8. The van der Waals surface area contributed by atoms with Crippen molar-refractivity contribution in [1.82, 2.24) is 0 Å². The zero-order chi connectivity index (χ0) is 17.7. The molecule has 0 aliphatic carbocycles. The van der Waals surface area contributed by atoms with Crippen molar-refractivity contribution < 1.29 is 19.0 Å². The highest BCUT2D eigenvalue weighted by Crippen LogP contribution is 2.32. The van der Waals surface area contributed by atoms with Gasteiger partial charge in [0.2, 0.25) is 0 Å². The quantitative estimate of drug-likeness (QED) is 0.610. The van der Waals surface area contributed by atoms with Crippen LogP contribution < -0.4 is 0 Å². The first-order valence-corrected chi connectivity index (χ1v) is 8.07. The average Bonchev–Trinajstić information content (AvgIpc) is 2.81. The summed E-state index contributed by atoms with van der Waals surface area (Å²) < 4.78 is 17.3. The average molecular weight is 328 g/mol. The van der Waals surface area contributed by atoms with Gasteiger partial charge in [-0.25, -0.2) is 4.79 Å². The first-order valence-electron chi connectivity index (χ1n) is 8.07. The van der Waals surface area contributed by atoms with Gasteiger partial charge in [0, 0.05) is 6.42 Å². The number of ether oxygens (including phenoxy) is 3. The summed E-state index contributed by atoms with van der Waals surface area (Å²) in [5, 5.41) is 0. The molecule has 0 unspecified atom stereocenters. The van der Waals surface area contributed by atoms with Crippen LogP contribution in [0, 0.1) is 12.3 Å². The Balaban J connectivity index is 2.00. The summed E-state index contributed by atoms with van der Waals surface area (Å²) in [6.07, 6.45) is 7.04. The third-order valence-corrected chi connectivity index (χ3v) is 3.75. The fourth-order valence-electron chi connectivity index (χ4n) is 2.68. The standard InChI is InChI=1S/C20H24O4/c1-6-14(2)12-17-18(24-20(4,5)23-17)13-15(3)22-19(21)16-10-8-7-9-11-16/h1,7-12,15,17-18H,13H2,2-5H3/b14-12+/t15-,17-,18-/m0/s1. The van der Waals surface area contributed by atoms with Crippen molar-refractivity contribution in [3.8, 4) is 12.3 Å². The minimum absolute atomic E-state index is 0.220. The van der Waals surface area contributed by atoms with Crippen molar-refractivity contribution in [2.24, 2.45) is 0 Å². The van der Waals surface area contributed by atoms with Gasteiger partial charge in [-0.1, -0.05) is 24.1 Å². The molecule has 0 spiro atoms. The molecule has 0 saturated carbocycles. The maximum Gasteiger partial charge on any atom is 0.338 e. The first-order chi connectivity index (χ1) is 11.3. The molecule has 0 N–H and O–H groups in total. The number of carbonyl (C=O) groups is 1. The molecule has 1 aliphatic rings. The van der Waals surface area contributed by atoms with E-state index in [1.165, 1.54) is 0 Å². The monoisotopic (exact) mass is 328 g/mol. The number of rotatable bonds is 5. The maximum absolute atomic E-state index is 12.1. The number of hydrogen-bond donors (Lipinski definition) is 0. The van der Waals surface area contributed by atoms with Crippen LogP contribution >= 0.6 is 0 Å². The van der Waals surface area contributed by atoms with E-state index in [0.29, 0.717) is 12.0 Å². The van der Waals surface area contributed by atoms with Gasteiger partial charge in [-0.15, -0.1) is 6.42 Å². The third-order valence-electron chi connectivity index (χ3n) is 3.75. The first kappa shape index (κ1) is 18.3. The van der Waals surface area contributed by atoms with Crippen LogP contribution in [-0.2, 0) is 14.2 Å². The van der Waals surface area contributed by atoms with Crippen LogP contribution in [0.1, 0.15) is 44.5 Å². The topological polar surface area (TPSA) is 44.8 Å². The van der Waals surface area contributed by atoms with E-state index in [2.05, 4.69) is 5.92 Å². The van der Waals surface area contributed by atoms with Gasteiger partial charge in [-0.2, -0.15) is 0 Å². The van der Waals surface area contributed by atoms with E-state index in [-0.39, 0.29) is 24.3 Å². The van der Waals surface area contributed by atoms with Crippen LogP contribution in [0.4, 0.5) is 0 Å². The Morgan fingerprint density at radius 3 is 2.67 bits per heavy atom. The van der Waals surface area contributed by atoms with Gasteiger partial charge in [0.25, 0.3) is 0 Å². The van der Waals surface area contributed by atoms with Crippen LogP contribution in [0.25, 0.3) is 0 Å². The van der Waals surface area contributed by atoms with Crippen LogP contribution in [0.3, 0.4) is 0 Å². The van der Waals surface area contributed by atoms with Crippen LogP contribution in [0.15, 0.2) is 42.0 Å². The molecule has 1 heterocycles. The molecular weight excluding hydrogens is 304 g/mol. The van der Waals surface area contributed by atoms with Gasteiger partial charge in [0.15, 0.2) is 5.79 Å². The smallest absolute Gasteiger partial charge is 0.338 e. The summed E-state index contributed by atoms with van der Waals surface area (Å²) in [6, 6.07) is 8.93. The maximum atomic E-state index is 12.1. The number of benzene rings is 1. The van der Waals surface area contributed by atoms with Crippen molar-refractivity contribution in [3.63, 3.8) is 0 Å². The SMILES string of the molecule is C#C/C(C)=C/[C@@H]1OC(C)(C)O[C@H]1C[C@H](C)OC(=O)c1ccccc1. The molecule has 128 valence electrons. The van der Waals surface area contributed by atoms with E-state index < -0.39 is 5.79 Å². The Labute approximate surface area is 143 Å². The van der Waals surface area contributed by atoms with Gasteiger partial charge in [0.05, 0.1) is 11.7 Å². The molecule has 0 bridgehead atoms. The van der Waals surface area contributed by atoms with E-state index >= 15 is 0 Å². The lowest BCUT2D eigenvalue weighted by molar-refractivity contribution is -0.145. The Kier molecular flexibility index (Phi) is 5.82. The van der Waals surface area contributed by atoms with Gasteiger partial charge in [-0.3, -0.25) is 0 Å². The Hall–Kier alpha value is -2.09. The number of allylic oxidation sites excluding steroid dienone is 1. The Morgan fingerprint density at radius 2 is 2.04 bits per heavy atom. The van der Waals surface area contributed by atoms with Gasteiger partial charge in [-0.05, 0) is 51.5 Å². The molecule has 1 aliphatic heterocycles. The Morgan fingerprint density at radius 1 is 1.38 bits per heavy atom. The molecule has 0 radical (unpaired) electrons. The third kappa shape index (κ3) is 4.95. The second-order valence-electron chi connectivity index (χ2n) is 6.45. The van der Waals surface area contributed by atoms with Crippen molar-refractivity contribution >= 4 is 5.97 Å². The summed E-state index contributed by atoms with van der Waals surface area (Å²) in [7, 11) is 0. The molecule has 4 heteroatoms. The molecular formula is C20H24O4. The van der Waals surface area contributed by atoms with E-state index in [1.807, 2.05) is 39.8 Å². The van der Waals surface area contributed by atoms with Crippen molar-refractivity contribution in [1.29, 1.82) is 0 Å². The van der Waals surface area contributed by atoms with E-state index in [9.17, 15) is 4.79 Å². The molecule has 1 fully saturated rings. The van der Waals surface area contributed by atoms with Crippen LogP contribution in [-0.4, -0.2) is 30.1 Å². The summed E-state index contributed by atoms with van der Waals surface area (Å²) in [5.74, 6) is 1.56. The molecule has 2 rings (SSSR count). The predicted molar refractivity (Wildman–Crippen MR) is 92.4 cm³/mol. The summed E-state index contributed by atoms with van der Waals surface area (Å²) in [6.45, 7) is 7.42. The molecule has 0 aromatic heterocycles. The molecule has 1 aromatic rings. The number of esters is 1. The van der Waals surface area contributed by atoms with Gasteiger partial charge in [0.1, 0.15) is 12.2 Å². The van der Waals surface area contributed by atoms with Crippen LogP contribution in [0.2, 0.25) is 0 Å².